The Hall–Kier alpha value is -5.35. The summed E-state index contributed by atoms with van der Waals surface area (Å²) in [5.41, 5.74) is 0. The molecule has 0 aliphatic carbocycles. The molecule has 0 rings (SSSR count). The van der Waals surface area contributed by atoms with Crippen molar-refractivity contribution in [3.05, 3.63) is 170 Å². The minimum absolute atomic E-state index is 0.125. The zero-order valence-electron chi connectivity index (χ0n) is 48.7. The first-order chi connectivity index (χ1) is 37.6. The van der Waals surface area contributed by atoms with Crippen LogP contribution >= 0.6 is 0 Å². The third kappa shape index (κ3) is 58.2. The Kier molecular flexibility index (Phi) is 52.9. The molecule has 0 heterocycles. The third-order valence-electron chi connectivity index (χ3n) is 11.5. The van der Waals surface area contributed by atoms with E-state index in [1.165, 1.54) is 12.8 Å². The minimum atomic E-state index is -1.65. The highest BCUT2D eigenvalue weighted by atomic mass is 16.7. The molecule has 0 N–H and O–H groups in total. The number of quaternary nitrogens is 1. The fraction of sp³-hybridized carbons (Fsp3) is 0.544. The molecular weight excluding hydrogens is 959 g/mol. The number of carboxylic acids is 1. The molecule has 0 saturated carbocycles. The Balaban J connectivity index is 4.42. The van der Waals surface area contributed by atoms with Gasteiger partial charge in [0.1, 0.15) is 13.2 Å². The van der Waals surface area contributed by atoms with Gasteiger partial charge in [-0.3, -0.25) is 9.59 Å². The van der Waals surface area contributed by atoms with Crippen molar-refractivity contribution >= 4 is 17.9 Å². The smallest absolute Gasteiger partial charge is 0.306 e. The molecule has 77 heavy (non-hydrogen) atoms. The van der Waals surface area contributed by atoms with Gasteiger partial charge < -0.3 is 33.3 Å². The average molecular weight is 1060 g/mol. The highest BCUT2D eigenvalue weighted by molar-refractivity contribution is 5.70. The second-order valence-corrected chi connectivity index (χ2v) is 19.8. The van der Waals surface area contributed by atoms with Crippen LogP contribution < -0.4 is 5.11 Å². The van der Waals surface area contributed by atoms with Crippen LogP contribution in [0.1, 0.15) is 181 Å². The molecule has 0 aromatic rings. The number of carbonyl (C=O) groups is 3. The average Bonchev–Trinajstić information content (AvgIpc) is 3.40. The summed E-state index contributed by atoms with van der Waals surface area (Å²) in [6.07, 6.45) is 82.6. The predicted molar refractivity (Wildman–Crippen MR) is 324 cm³/mol. The lowest BCUT2D eigenvalue weighted by Gasteiger charge is -2.26. The number of carboxylic acid groups (broad SMARTS) is 1. The van der Waals surface area contributed by atoms with Crippen LogP contribution in [0.5, 0.6) is 0 Å². The van der Waals surface area contributed by atoms with Gasteiger partial charge in [-0.05, 0) is 122 Å². The van der Waals surface area contributed by atoms with Crippen molar-refractivity contribution in [1.29, 1.82) is 0 Å². The zero-order chi connectivity index (χ0) is 56.2. The van der Waals surface area contributed by atoms with E-state index >= 15 is 0 Å². The maximum absolute atomic E-state index is 12.9. The second-order valence-electron chi connectivity index (χ2n) is 19.8. The molecule has 0 aromatic heterocycles. The number of unbranched alkanes of at least 4 members (excludes halogenated alkanes) is 8. The Bertz CT molecular complexity index is 1860. The molecule has 0 saturated heterocycles. The lowest BCUT2D eigenvalue weighted by molar-refractivity contribution is -0.870. The summed E-state index contributed by atoms with van der Waals surface area (Å²) in [6.45, 7) is 4.40. The summed E-state index contributed by atoms with van der Waals surface area (Å²) in [4.78, 5) is 37.3. The van der Waals surface area contributed by atoms with Gasteiger partial charge in [0.2, 0.25) is 0 Å². The van der Waals surface area contributed by atoms with Crippen LogP contribution in [0.2, 0.25) is 0 Å². The van der Waals surface area contributed by atoms with Crippen LogP contribution in [0.25, 0.3) is 0 Å². The Morgan fingerprint density at radius 3 is 1.08 bits per heavy atom. The first-order valence-electron chi connectivity index (χ1n) is 29.3. The fourth-order valence-electron chi connectivity index (χ4n) is 7.03. The first kappa shape index (κ1) is 71.7. The van der Waals surface area contributed by atoms with Crippen molar-refractivity contribution in [2.75, 3.05) is 47.5 Å². The van der Waals surface area contributed by atoms with Crippen molar-refractivity contribution in [3.63, 3.8) is 0 Å². The van der Waals surface area contributed by atoms with Gasteiger partial charge in [0, 0.05) is 12.8 Å². The standard InChI is InChI=1S/C68H105NO8/c1-6-8-10-12-14-16-18-20-22-24-26-28-30-31-32-33-34-35-37-39-41-43-45-47-49-51-53-55-57-59-66(71)77-64(63-76-68(67(72)73)74-61-60-69(3,4)5)62-75-65(70)58-56-54-52-50-48-46-44-42-40-38-36-29-27-25-23-21-19-17-15-13-11-9-7-2/h8-11,14-17,20-23,26-29,31-32,34-35,38-41,44,46,50,52,64,68H,6-7,12-13,18-19,24-25,30,33,36-37,42-43,45,47-49,51,53-63H2,1-5H3/b10-8-,11-9-,16-14-,17-15-,22-20-,23-21-,28-26-,29-27-,32-31-,35-34-,40-38-,41-39-,46-44-,52-50-. The van der Waals surface area contributed by atoms with Gasteiger partial charge in [-0.2, -0.15) is 0 Å². The van der Waals surface area contributed by atoms with Crippen molar-refractivity contribution in [3.8, 4) is 0 Å². The number of carbonyl (C=O) groups excluding carboxylic acids is 3. The molecule has 0 amide bonds. The topological polar surface area (TPSA) is 111 Å². The largest absolute Gasteiger partial charge is 0.545 e. The molecule has 0 fully saturated rings. The van der Waals surface area contributed by atoms with Crippen LogP contribution in [-0.2, 0) is 33.3 Å². The predicted octanol–water partition coefficient (Wildman–Crippen LogP) is 16.2. The summed E-state index contributed by atoms with van der Waals surface area (Å²) in [6, 6.07) is 0. The number of hydrogen-bond donors (Lipinski definition) is 0. The van der Waals surface area contributed by atoms with Gasteiger partial charge in [-0.25, -0.2) is 0 Å². The quantitative estimate of drug-likeness (QED) is 0.0195. The second kappa shape index (κ2) is 56.8. The molecule has 0 aromatic carbocycles. The van der Waals surface area contributed by atoms with Crippen LogP contribution in [0.3, 0.4) is 0 Å². The van der Waals surface area contributed by atoms with Crippen LogP contribution in [-0.4, -0.2) is 82.3 Å². The van der Waals surface area contributed by atoms with E-state index in [4.69, 9.17) is 18.9 Å². The monoisotopic (exact) mass is 1060 g/mol. The SMILES string of the molecule is CC/C=C\C/C=C\C/C=C\C/C=C\C/C=C\C/C=C\C/C=C\CCCCCCCCCC(=O)OC(COC(=O)CCC/C=C\C/C=C\C/C=C\C/C=C\C/C=C\C/C=C\C/C=C\CC)COC(OCC[N+](C)(C)C)C(=O)[O-]. The van der Waals surface area contributed by atoms with Gasteiger partial charge in [-0.15, -0.1) is 0 Å². The van der Waals surface area contributed by atoms with Crippen molar-refractivity contribution in [2.24, 2.45) is 0 Å². The van der Waals surface area contributed by atoms with Crippen molar-refractivity contribution in [1.82, 2.24) is 0 Å². The summed E-state index contributed by atoms with van der Waals surface area (Å²) < 4.78 is 22.6. The van der Waals surface area contributed by atoms with Crippen LogP contribution in [0.4, 0.5) is 0 Å². The molecule has 0 bridgehead atoms. The molecule has 430 valence electrons. The number of nitrogens with zero attached hydrogens (tertiary/aromatic N) is 1. The lowest BCUT2D eigenvalue weighted by Crippen LogP contribution is -2.44. The summed E-state index contributed by atoms with van der Waals surface area (Å²) in [7, 11) is 5.88. The number of hydrogen-bond acceptors (Lipinski definition) is 8. The molecule has 2 atom stereocenters. The van der Waals surface area contributed by atoms with Gasteiger partial charge in [0.15, 0.2) is 12.4 Å². The van der Waals surface area contributed by atoms with E-state index in [9.17, 15) is 19.5 Å². The van der Waals surface area contributed by atoms with Crippen molar-refractivity contribution in [2.45, 2.75) is 193 Å². The third-order valence-corrected chi connectivity index (χ3v) is 11.5. The molecular formula is C68H105NO8. The highest BCUT2D eigenvalue weighted by Gasteiger charge is 2.21. The highest BCUT2D eigenvalue weighted by Crippen LogP contribution is 2.13. The molecule has 0 spiro atoms. The van der Waals surface area contributed by atoms with E-state index in [0.717, 1.165) is 128 Å². The number of rotatable bonds is 51. The zero-order valence-corrected chi connectivity index (χ0v) is 48.7. The minimum Gasteiger partial charge on any atom is -0.545 e. The maximum atomic E-state index is 12.9. The van der Waals surface area contributed by atoms with Crippen LogP contribution in [0.15, 0.2) is 170 Å². The van der Waals surface area contributed by atoms with E-state index in [1.54, 1.807) is 0 Å². The Morgan fingerprint density at radius 2 is 0.714 bits per heavy atom. The van der Waals surface area contributed by atoms with Gasteiger partial charge in [0.25, 0.3) is 0 Å². The number of aliphatic carboxylic acids is 1. The number of allylic oxidation sites excluding steroid dienone is 28. The molecule has 0 aliphatic heterocycles. The van der Waals surface area contributed by atoms with E-state index in [2.05, 4.69) is 184 Å². The van der Waals surface area contributed by atoms with E-state index < -0.39 is 30.3 Å². The molecule has 9 nitrogen and oxygen atoms in total. The van der Waals surface area contributed by atoms with Crippen molar-refractivity contribution < 1.29 is 42.9 Å². The van der Waals surface area contributed by atoms with Gasteiger partial charge in [0.05, 0.1) is 40.3 Å². The normalized spacial score (nSPS) is 14.0. The fourth-order valence-corrected chi connectivity index (χ4v) is 7.03. The van der Waals surface area contributed by atoms with E-state index in [0.29, 0.717) is 23.9 Å². The van der Waals surface area contributed by atoms with Gasteiger partial charge in [-0.1, -0.05) is 216 Å². The Labute approximate surface area is 469 Å². The molecule has 0 radical (unpaired) electrons. The Morgan fingerprint density at radius 1 is 0.390 bits per heavy atom. The van der Waals surface area contributed by atoms with Crippen LogP contribution in [0, 0.1) is 0 Å². The summed E-state index contributed by atoms with van der Waals surface area (Å²) in [5, 5.41) is 11.8. The summed E-state index contributed by atoms with van der Waals surface area (Å²) >= 11 is 0. The summed E-state index contributed by atoms with van der Waals surface area (Å²) in [5.74, 6) is -2.40. The van der Waals surface area contributed by atoms with E-state index in [-0.39, 0.29) is 32.7 Å². The molecule has 9 heteroatoms. The maximum Gasteiger partial charge on any atom is 0.306 e. The molecule has 0 aliphatic rings. The number of ether oxygens (including phenoxy) is 4. The lowest BCUT2D eigenvalue weighted by atomic mass is 10.1. The number of esters is 2. The number of likely N-dealkylation sites (N-methyl/N-ethyl adjacent to an activating group) is 1. The molecule has 2 unspecified atom stereocenters. The first-order valence-corrected chi connectivity index (χ1v) is 29.3. The van der Waals surface area contributed by atoms with Gasteiger partial charge >= 0.3 is 11.9 Å². The van der Waals surface area contributed by atoms with E-state index in [1.807, 2.05) is 21.1 Å².